The second kappa shape index (κ2) is 5.12. The molecule has 0 aromatic carbocycles. The first kappa shape index (κ1) is 11.7. The Hall–Kier alpha value is -1.33. The van der Waals surface area contributed by atoms with Crippen molar-refractivity contribution in [3.05, 3.63) is 24.2 Å². The fraction of sp³-hybridized carbons (Fsp3) is 0.615. The summed E-state index contributed by atoms with van der Waals surface area (Å²) in [7, 11) is 0. The van der Waals surface area contributed by atoms with E-state index in [9.17, 15) is 4.79 Å². The molecular weight excluding hydrogens is 232 g/mol. The molecule has 98 valence electrons. The van der Waals surface area contributed by atoms with Crippen LogP contribution in [0.15, 0.2) is 22.8 Å². The van der Waals surface area contributed by atoms with E-state index >= 15 is 0 Å². The Morgan fingerprint density at radius 3 is 3.28 bits per heavy atom. The van der Waals surface area contributed by atoms with Crippen molar-refractivity contribution in [2.75, 3.05) is 19.7 Å². The van der Waals surface area contributed by atoms with E-state index in [4.69, 9.17) is 9.15 Å². The van der Waals surface area contributed by atoms with Gasteiger partial charge in [-0.15, -0.1) is 0 Å². The number of ether oxygens (including phenoxy) is 1. The summed E-state index contributed by atoms with van der Waals surface area (Å²) in [5, 5.41) is 6.39. The first-order chi connectivity index (χ1) is 8.84. The Balaban J connectivity index is 1.53. The standard InChI is InChI=1S/C13H18N2O3/c16-13(11-2-1-6-17-11)15-8-9-3-4-10-12(9)18-7-5-14-10/h1-2,6,9-10,12,14H,3-5,7-8H2,(H,15,16)/t9-,10-,12-/m0/s1. The molecule has 0 unspecified atom stereocenters. The summed E-state index contributed by atoms with van der Waals surface area (Å²) in [6.45, 7) is 2.36. The summed E-state index contributed by atoms with van der Waals surface area (Å²) in [5.41, 5.74) is 0. The lowest BCUT2D eigenvalue weighted by molar-refractivity contribution is -0.0138. The van der Waals surface area contributed by atoms with Crippen molar-refractivity contribution in [3.8, 4) is 0 Å². The third kappa shape index (κ3) is 2.28. The van der Waals surface area contributed by atoms with E-state index in [-0.39, 0.29) is 12.0 Å². The van der Waals surface area contributed by atoms with E-state index in [0.717, 1.165) is 26.0 Å². The third-order valence-corrected chi connectivity index (χ3v) is 3.80. The maximum atomic E-state index is 11.8. The molecule has 1 saturated heterocycles. The molecule has 1 aliphatic heterocycles. The van der Waals surface area contributed by atoms with Crippen LogP contribution in [0.2, 0.25) is 0 Å². The van der Waals surface area contributed by atoms with Crippen molar-refractivity contribution in [2.45, 2.75) is 25.0 Å². The van der Waals surface area contributed by atoms with Gasteiger partial charge in [0.25, 0.3) is 5.91 Å². The van der Waals surface area contributed by atoms with Crippen LogP contribution in [-0.2, 0) is 4.74 Å². The monoisotopic (exact) mass is 250 g/mol. The van der Waals surface area contributed by atoms with Gasteiger partial charge in [0.1, 0.15) is 0 Å². The summed E-state index contributed by atoms with van der Waals surface area (Å²) >= 11 is 0. The number of hydrogen-bond acceptors (Lipinski definition) is 4. The zero-order valence-corrected chi connectivity index (χ0v) is 10.2. The lowest BCUT2D eigenvalue weighted by Gasteiger charge is -2.30. The highest BCUT2D eigenvalue weighted by Crippen LogP contribution is 2.29. The summed E-state index contributed by atoms with van der Waals surface area (Å²) in [4.78, 5) is 11.8. The normalized spacial score (nSPS) is 31.0. The predicted octanol–water partition coefficient (Wildman–Crippen LogP) is 0.776. The SMILES string of the molecule is O=C(NC[C@@H]1CC[C@@H]2NCCO[C@@H]12)c1ccco1. The van der Waals surface area contributed by atoms with Gasteiger partial charge in [-0.2, -0.15) is 0 Å². The molecule has 3 rings (SSSR count). The average Bonchev–Trinajstić information content (AvgIpc) is 3.06. The summed E-state index contributed by atoms with van der Waals surface area (Å²) < 4.78 is 10.9. The van der Waals surface area contributed by atoms with Crippen molar-refractivity contribution >= 4 is 5.91 Å². The van der Waals surface area contributed by atoms with Gasteiger partial charge in [0.15, 0.2) is 5.76 Å². The van der Waals surface area contributed by atoms with Gasteiger partial charge in [-0.1, -0.05) is 0 Å². The first-order valence-electron chi connectivity index (χ1n) is 6.51. The van der Waals surface area contributed by atoms with Crippen molar-refractivity contribution in [1.82, 2.24) is 10.6 Å². The van der Waals surface area contributed by atoms with Crippen LogP contribution in [0.3, 0.4) is 0 Å². The second-order valence-electron chi connectivity index (χ2n) is 4.92. The van der Waals surface area contributed by atoms with E-state index in [1.807, 2.05) is 0 Å². The zero-order valence-electron chi connectivity index (χ0n) is 10.2. The van der Waals surface area contributed by atoms with Crippen LogP contribution < -0.4 is 10.6 Å². The Bertz CT molecular complexity index is 404. The van der Waals surface area contributed by atoms with Gasteiger partial charge in [-0.05, 0) is 25.0 Å². The molecule has 2 N–H and O–H groups in total. The number of nitrogens with one attached hydrogen (secondary N) is 2. The minimum atomic E-state index is -0.146. The quantitative estimate of drug-likeness (QED) is 0.832. The highest BCUT2D eigenvalue weighted by atomic mass is 16.5. The van der Waals surface area contributed by atoms with E-state index in [2.05, 4.69) is 10.6 Å². The molecule has 3 atom stereocenters. The van der Waals surface area contributed by atoms with Gasteiger partial charge in [-0.25, -0.2) is 0 Å². The number of amides is 1. The number of hydrogen-bond donors (Lipinski definition) is 2. The molecule has 1 saturated carbocycles. The molecule has 1 aromatic heterocycles. The lowest BCUT2D eigenvalue weighted by atomic mass is 10.0. The molecular formula is C13H18N2O3. The van der Waals surface area contributed by atoms with Crippen molar-refractivity contribution in [2.24, 2.45) is 5.92 Å². The number of morpholine rings is 1. The number of furan rings is 1. The maximum Gasteiger partial charge on any atom is 0.286 e. The number of rotatable bonds is 3. The minimum absolute atomic E-state index is 0.146. The molecule has 5 heteroatoms. The van der Waals surface area contributed by atoms with Gasteiger partial charge < -0.3 is 19.8 Å². The molecule has 0 spiro atoms. The molecule has 2 fully saturated rings. The van der Waals surface area contributed by atoms with Crippen molar-refractivity contribution in [3.63, 3.8) is 0 Å². The van der Waals surface area contributed by atoms with Crippen molar-refractivity contribution < 1.29 is 13.9 Å². The van der Waals surface area contributed by atoms with E-state index < -0.39 is 0 Å². The zero-order chi connectivity index (χ0) is 12.4. The van der Waals surface area contributed by atoms with E-state index in [1.54, 1.807) is 12.1 Å². The Morgan fingerprint density at radius 2 is 2.44 bits per heavy atom. The van der Waals surface area contributed by atoms with Gasteiger partial charge >= 0.3 is 0 Å². The molecule has 2 aliphatic rings. The smallest absolute Gasteiger partial charge is 0.286 e. The molecule has 18 heavy (non-hydrogen) atoms. The molecule has 0 bridgehead atoms. The van der Waals surface area contributed by atoms with Gasteiger partial charge in [0, 0.05) is 25.0 Å². The molecule has 1 amide bonds. The molecule has 1 aromatic rings. The minimum Gasteiger partial charge on any atom is -0.459 e. The average molecular weight is 250 g/mol. The summed E-state index contributed by atoms with van der Waals surface area (Å²) in [6.07, 6.45) is 3.98. The first-order valence-corrected chi connectivity index (χ1v) is 6.51. The lowest BCUT2D eigenvalue weighted by Crippen LogP contribution is -2.48. The molecule has 0 radical (unpaired) electrons. The van der Waals surface area contributed by atoms with Gasteiger partial charge in [0.05, 0.1) is 19.0 Å². The highest BCUT2D eigenvalue weighted by molar-refractivity contribution is 5.91. The second-order valence-corrected chi connectivity index (χ2v) is 4.92. The van der Waals surface area contributed by atoms with E-state index in [1.165, 1.54) is 6.26 Å². The predicted molar refractivity (Wildman–Crippen MR) is 65.3 cm³/mol. The van der Waals surface area contributed by atoms with Crippen LogP contribution in [0.5, 0.6) is 0 Å². The summed E-state index contributed by atoms with van der Waals surface area (Å²) in [5.74, 6) is 0.626. The van der Waals surface area contributed by atoms with Crippen LogP contribution in [0, 0.1) is 5.92 Å². The van der Waals surface area contributed by atoms with Gasteiger partial charge in [0.2, 0.25) is 0 Å². The Kier molecular flexibility index (Phi) is 3.34. The fourth-order valence-electron chi connectivity index (χ4n) is 2.90. The Morgan fingerprint density at radius 1 is 1.50 bits per heavy atom. The number of carbonyl (C=O) groups is 1. The summed E-state index contributed by atoms with van der Waals surface area (Å²) in [6, 6.07) is 3.85. The van der Waals surface area contributed by atoms with Crippen LogP contribution >= 0.6 is 0 Å². The Labute approximate surface area is 106 Å². The van der Waals surface area contributed by atoms with Crippen molar-refractivity contribution in [1.29, 1.82) is 0 Å². The number of carbonyl (C=O) groups excluding carboxylic acids is 1. The van der Waals surface area contributed by atoms with Crippen LogP contribution in [-0.4, -0.2) is 37.7 Å². The van der Waals surface area contributed by atoms with Gasteiger partial charge in [-0.3, -0.25) is 4.79 Å². The topological polar surface area (TPSA) is 63.5 Å². The van der Waals surface area contributed by atoms with Crippen LogP contribution in [0.1, 0.15) is 23.4 Å². The molecule has 1 aliphatic carbocycles. The fourth-order valence-corrected chi connectivity index (χ4v) is 2.90. The molecule has 5 nitrogen and oxygen atoms in total. The third-order valence-electron chi connectivity index (χ3n) is 3.80. The largest absolute Gasteiger partial charge is 0.459 e. The highest BCUT2D eigenvalue weighted by Gasteiger charge is 2.38. The van der Waals surface area contributed by atoms with E-state index in [0.29, 0.717) is 24.3 Å². The van der Waals surface area contributed by atoms with Crippen LogP contribution in [0.4, 0.5) is 0 Å². The maximum absolute atomic E-state index is 11.8. The number of fused-ring (bicyclic) bond motifs is 1. The molecule has 2 heterocycles. The van der Waals surface area contributed by atoms with Crippen LogP contribution in [0.25, 0.3) is 0 Å².